The van der Waals surface area contributed by atoms with E-state index in [2.05, 4.69) is 17.6 Å². The molecule has 1 aromatic rings. The van der Waals surface area contributed by atoms with Gasteiger partial charge in [0.1, 0.15) is 0 Å². The first-order valence-electron chi connectivity index (χ1n) is 7.54. The monoisotopic (exact) mass is 330 g/mol. The third-order valence-corrected chi connectivity index (χ3v) is 3.82. The summed E-state index contributed by atoms with van der Waals surface area (Å²) in [5.41, 5.74) is 0. The number of hydrogen-bond donors (Lipinski definition) is 2. The number of piperidine rings is 1. The summed E-state index contributed by atoms with van der Waals surface area (Å²) < 4.78 is 18.6. The first kappa shape index (κ1) is 18.7. The predicted octanol–water partition coefficient (Wildman–Crippen LogP) is 2.52. The molecule has 22 heavy (non-hydrogen) atoms. The molecular weight excluding hydrogens is 307 g/mol. The molecule has 2 N–H and O–H groups in total. The van der Waals surface area contributed by atoms with Gasteiger partial charge in [-0.05, 0) is 37.4 Å². The molecule has 0 saturated carbocycles. The number of halogens is 2. The average Bonchev–Trinajstić information content (AvgIpc) is 2.48. The van der Waals surface area contributed by atoms with Gasteiger partial charge in [-0.15, -0.1) is 12.4 Å². The van der Waals surface area contributed by atoms with Crippen molar-refractivity contribution in [3.8, 4) is 5.75 Å². The molecule has 6 heteroatoms. The topological polar surface area (TPSA) is 50.4 Å². The highest BCUT2D eigenvalue weighted by Crippen LogP contribution is 2.15. The largest absolute Gasteiger partial charge is 0.491 e. The molecule has 2 unspecified atom stereocenters. The van der Waals surface area contributed by atoms with E-state index in [1.165, 1.54) is 6.07 Å². The Labute approximate surface area is 137 Å². The molecule has 2 rings (SSSR count). The van der Waals surface area contributed by atoms with Gasteiger partial charge in [-0.1, -0.05) is 19.1 Å². The summed E-state index contributed by atoms with van der Waals surface area (Å²) in [5, 5.41) is 6.33. The molecule has 0 radical (unpaired) electrons. The molecular formula is C16H24ClFN2O2. The maximum atomic E-state index is 13.3. The lowest BCUT2D eigenvalue weighted by atomic mass is 9.95. The predicted molar refractivity (Wildman–Crippen MR) is 87.0 cm³/mol. The maximum absolute atomic E-state index is 13.3. The Bertz CT molecular complexity index is 473. The van der Waals surface area contributed by atoms with E-state index in [9.17, 15) is 9.18 Å². The summed E-state index contributed by atoms with van der Waals surface area (Å²) in [7, 11) is 0. The second-order valence-electron chi connectivity index (χ2n) is 5.53. The molecule has 1 saturated heterocycles. The summed E-state index contributed by atoms with van der Waals surface area (Å²) in [6.07, 6.45) is 2.06. The van der Waals surface area contributed by atoms with Gasteiger partial charge in [0.05, 0.1) is 6.61 Å². The van der Waals surface area contributed by atoms with E-state index >= 15 is 0 Å². The van der Waals surface area contributed by atoms with Crippen molar-refractivity contribution >= 4 is 18.3 Å². The number of hydrogen-bond acceptors (Lipinski definition) is 3. The lowest BCUT2D eigenvalue weighted by Crippen LogP contribution is -2.50. The van der Waals surface area contributed by atoms with Crippen molar-refractivity contribution in [2.45, 2.75) is 32.2 Å². The maximum Gasteiger partial charge on any atom is 0.220 e. The van der Waals surface area contributed by atoms with Crippen LogP contribution in [0.15, 0.2) is 24.3 Å². The van der Waals surface area contributed by atoms with Crippen LogP contribution in [0.5, 0.6) is 5.75 Å². The molecule has 4 nitrogen and oxygen atoms in total. The summed E-state index contributed by atoms with van der Waals surface area (Å²) >= 11 is 0. The number of amides is 1. The molecule has 1 aliphatic heterocycles. The van der Waals surface area contributed by atoms with Crippen molar-refractivity contribution in [1.29, 1.82) is 0 Å². The zero-order valence-corrected chi connectivity index (χ0v) is 13.6. The fourth-order valence-electron chi connectivity index (χ4n) is 2.44. The lowest BCUT2D eigenvalue weighted by Gasteiger charge is -2.30. The summed E-state index contributed by atoms with van der Waals surface area (Å²) in [5.74, 6) is 0.407. The first-order valence-corrected chi connectivity index (χ1v) is 7.54. The molecule has 0 spiro atoms. The van der Waals surface area contributed by atoms with E-state index in [1.807, 2.05) is 0 Å². The molecule has 124 valence electrons. The lowest BCUT2D eigenvalue weighted by molar-refractivity contribution is -0.122. The third-order valence-electron chi connectivity index (χ3n) is 3.82. The van der Waals surface area contributed by atoms with Crippen molar-refractivity contribution in [3.63, 3.8) is 0 Å². The zero-order valence-electron chi connectivity index (χ0n) is 12.8. The van der Waals surface area contributed by atoms with Gasteiger partial charge in [-0.25, -0.2) is 4.39 Å². The molecule has 1 aliphatic rings. The van der Waals surface area contributed by atoms with E-state index in [1.54, 1.807) is 18.2 Å². The zero-order chi connectivity index (χ0) is 15.1. The minimum Gasteiger partial charge on any atom is -0.491 e. The fraction of sp³-hybridized carbons (Fsp3) is 0.562. The Balaban J connectivity index is 0.00000242. The van der Waals surface area contributed by atoms with Gasteiger partial charge in [0.2, 0.25) is 5.91 Å². The van der Waals surface area contributed by atoms with Crippen LogP contribution in [0.4, 0.5) is 4.39 Å². The van der Waals surface area contributed by atoms with Gasteiger partial charge in [-0.2, -0.15) is 0 Å². The smallest absolute Gasteiger partial charge is 0.220 e. The highest BCUT2D eigenvalue weighted by Gasteiger charge is 2.22. The van der Waals surface area contributed by atoms with Crippen LogP contribution in [0.1, 0.15) is 26.2 Å². The number of rotatable bonds is 6. The summed E-state index contributed by atoms with van der Waals surface area (Å²) in [6.45, 7) is 4.35. The summed E-state index contributed by atoms with van der Waals surface area (Å²) in [6, 6.07) is 6.50. The number of carbonyl (C=O) groups excluding carboxylic acids is 1. The van der Waals surface area contributed by atoms with E-state index in [0.717, 1.165) is 19.5 Å². The molecule has 1 amide bonds. The quantitative estimate of drug-likeness (QED) is 0.788. The highest BCUT2D eigenvalue weighted by atomic mass is 35.5. The second kappa shape index (κ2) is 9.64. The Morgan fingerprint density at radius 3 is 2.95 bits per heavy atom. The first-order chi connectivity index (χ1) is 10.2. The number of para-hydroxylation sites is 1. The van der Waals surface area contributed by atoms with Gasteiger partial charge in [0.25, 0.3) is 0 Å². The normalized spacial score (nSPS) is 20.8. The second-order valence-corrected chi connectivity index (χ2v) is 5.53. The molecule has 0 aliphatic carbocycles. The van der Waals surface area contributed by atoms with Crippen LogP contribution >= 0.6 is 12.4 Å². The summed E-state index contributed by atoms with van der Waals surface area (Å²) in [4.78, 5) is 11.9. The van der Waals surface area contributed by atoms with Crippen molar-refractivity contribution in [2.24, 2.45) is 5.92 Å². The van der Waals surface area contributed by atoms with Gasteiger partial charge >= 0.3 is 0 Å². The van der Waals surface area contributed by atoms with Crippen LogP contribution in [0, 0.1) is 11.7 Å². The minimum absolute atomic E-state index is 0. The van der Waals surface area contributed by atoms with E-state index in [0.29, 0.717) is 25.4 Å². The SMILES string of the molecule is CC1CCNCC1NC(=O)CCCOc1ccccc1F.Cl. The fourth-order valence-corrected chi connectivity index (χ4v) is 2.44. The Morgan fingerprint density at radius 1 is 1.45 bits per heavy atom. The number of ether oxygens (including phenoxy) is 1. The molecule has 1 aromatic carbocycles. The Morgan fingerprint density at radius 2 is 2.23 bits per heavy atom. The Kier molecular flexibility index (Phi) is 8.20. The van der Waals surface area contributed by atoms with Crippen molar-refractivity contribution in [1.82, 2.24) is 10.6 Å². The Hall–Kier alpha value is -1.33. The molecule has 1 heterocycles. The molecule has 0 bridgehead atoms. The minimum atomic E-state index is -0.371. The van der Waals surface area contributed by atoms with E-state index in [-0.39, 0.29) is 35.9 Å². The van der Waals surface area contributed by atoms with Gasteiger partial charge in [0.15, 0.2) is 11.6 Å². The molecule has 1 fully saturated rings. The van der Waals surface area contributed by atoms with Crippen LogP contribution < -0.4 is 15.4 Å². The van der Waals surface area contributed by atoms with Crippen LogP contribution in [0.2, 0.25) is 0 Å². The van der Waals surface area contributed by atoms with E-state index in [4.69, 9.17) is 4.74 Å². The number of carbonyl (C=O) groups is 1. The van der Waals surface area contributed by atoms with Gasteiger partial charge < -0.3 is 15.4 Å². The van der Waals surface area contributed by atoms with Gasteiger partial charge in [-0.3, -0.25) is 4.79 Å². The van der Waals surface area contributed by atoms with Crippen LogP contribution in [-0.4, -0.2) is 31.6 Å². The third kappa shape index (κ3) is 5.81. The van der Waals surface area contributed by atoms with Crippen LogP contribution in [-0.2, 0) is 4.79 Å². The van der Waals surface area contributed by atoms with Crippen molar-refractivity contribution < 1.29 is 13.9 Å². The van der Waals surface area contributed by atoms with Crippen LogP contribution in [0.25, 0.3) is 0 Å². The number of nitrogens with one attached hydrogen (secondary N) is 2. The van der Waals surface area contributed by atoms with Crippen LogP contribution in [0.3, 0.4) is 0 Å². The van der Waals surface area contributed by atoms with Crippen molar-refractivity contribution in [2.75, 3.05) is 19.7 Å². The van der Waals surface area contributed by atoms with Crippen molar-refractivity contribution in [3.05, 3.63) is 30.1 Å². The van der Waals surface area contributed by atoms with E-state index < -0.39 is 0 Å². The highest BCUT2D eigenvalue weighted by molar-refractivity contribution is 5.85. The molecule has 0 aromatic heterocycles. The average molecular weight is 331 g/mol. The number of benzene rings is 1. The van der Waals surface area contributed by atoms with Gasteiger partial charge in [0, 0.05) is 19.0 Å². The molecule has 2 atom stereocenters. The standard InChI is InChI=1S/C16H23FN2O2.ClH/c1-12-8-9-18-11-14(12)19-16(20)7-4-10-21-15-6-3-2-5-13(15)17;/h2-3,5-6,12,14,18H,4,7-11H2,1H3,(H,19,20);1H.